The van der Waals surface area contributed by atoms with Crippen molar-refractivity contribution >= 4 is 5.96 Å². The van der Waals surface area contributed by atoms with Gasteiger partial charge in [0.05, 0.1) is 6.54 Å². The molecule has 1 aromatic heterocycles. The molecule has 3 rings (SSSR count). The second-order valence-electron chi connectivity index (χ2n) is 7.32. The van der Waals surface area contributed by atoms with E-state index in [1.165, 1.54) is 30.6 Å². The molecule has 1 saturated heterocycles. The van der Waals surface area contributed by atoms with Gasteiger partial charge in [-0.3, -0.25) is 9.67 Å². The third-order valence-electron chi connectivity index (χ3n) is 5.21. The monoisotopic (exact) mass is 383 g/mol. The van der Waals surface area contributed by atoms with Crippen LogP contribution in [-0.4, -0.2) is 78.9 Å². The van der Waals surface area contributed by atoms with Gasteiger partial charge in [0.25, 0.3) is 0 Å². The van der Waals surface area contributed by atoms with Crippen LogP contribution in [0.15, 0.2) is 47.7 Å². The lowest BCUT2D eigenvalue weighted by atomic mass is 10.1. The zero-order valence-corrected chi connectivity index (χ0v) is 17.1. The van der Waals surface area contributed by atoms with Crippen LogP contribution in [0.4, 0.5) is 0 Å². The zero-order chi connectivity index (χ0) is 19.6. The van der Waals surface area contributed by atoms with Crippen molar-refractivity contribution in [1.29, 1.82) is 0 Å². The molecule has 1 aromatic carbocycles. The van der Waals surface area contributed by atoms with Crippen molar-refractivity contribution in [3.8, 4) is 0 Å². The Bertz CT molecular complexity index is 726. The number of benzene rings is 1. The van der Waals surface area contributed by atoms with Crippen molar-refractivity contribution in [3.63, 3.8) is 0 Å². The number of nitrogens with one attached hydrogen (secondary N) is 2. The van der Waals surface area contributed by atoms with E-state index in [9.17, 15) is 0 Å². The molecule has 28 heavy (non-hydrogen) atoms. The number of nitrogens with zero attached hydrogens (tertiary/aromatic N) is 5. The fraction of sp³-hybridized carbons (Fsp3) is 0.524. The van der Waals surface area contributed by atoms with Gasteiger partial charge in [-0.15, -0.1) is 0 Å². The van der Waals surface area contributed by atoms with E-state index >= 15 is 0 Å². The molecule has 0 radical (unpaired) electrons. The van der Waals surface area contributed by atoms with Gasteiger partial charge in [0.15, 0.2) is 5.96 Å². The maximum absolute atomic E-state index is 4.37. The van der Waals surface area contributed by atoms with Crippen LogP contribution in [0.1, 0.15) is 17.5 Å². The largest absolute Gasteiger partial charge is 0.355 e. The van der Waals surface area contributed by atoms with E-state index in [1.807, 2.05) is 30.2 Å². The first-order valence-corrected chi connectivity index (χ1v) is 10.1. The minimum absolute atomic E-state index is 0.742. The second kappa shape index (κ2) is 10.8. The number of aliphatic imine (C=N–C) groups is 1. The summed E-state index contributed by atoms with van der Waals surface area (Å²) in [6.07, 6.45) is 5.05. The van der Waals surface area contributed by atoms with Crippen molar-refractivity contribution in [2.75, 3.05) is 53.4 Å². The molecule has 0 aliphatic carbocycles. The van der Waals surface area contributed by atoms with Crippen LogP contribution in [0.5, 0.6) is 0 Å². The third-order valence-corrected chi connectivity index (χ3v) is 5.21. The van der Waals surface area contributed by atoms with Gasteiger partial charge in [-0.1, -0.05) is 24.3 Å². The maximum atomic E-state index is 4.37. The van der Waals surface area contributed by atoms with Crippen LogP contribution in [0.3, 0.4) is 0 Å². The van der Waals surface area contributed by atoms with Crippen LogP contribution >= 0.6 is 0 Å². The van der Waals surface area contributed by atoms with Gasteiger partial charge in [-0.05, 0) is 43.8 Å². The van der Waals surface area contributed by atoms with Gasteiger partial charge < -0.3 is 20.4 Å². The topological polar surface area (TPSA) is 60.7 Å². The molecule has 0 bridgehead atoms. The first-order chi connectivity index (χ1) is 13.7. The highest BCUT2D eigenvalue weighted by Crippen LogP contribution is 2.10. The van der Waals surface area contributed by atoms with Gasteiger partial charge in [0.1, 0.15) is 0 Å². The zero-order valence-electron chi connectivity index (χ0n) is 17.1. The summed E-state index contributed by atoms with van der Waals surface area (Å²) in [7, 11) is 4.03. The van der Waals surface area contributed by atoms with Gasteiger partial charge in [0.2, 0.25) is 0 Å². The summed E-state index contributed by atoms with van der Waals surface area (Å²) in [5, 5.41) is 11.2. The maximum Gasteiger partial charge on any atom is 0.191 e. The quantitative estimate of drug-likeness (QED) is 0.556. The Labute approximate surface area is 168 Å². The summed E-state index contributed by atoms with van der Waals surface area (Å²) in [5.74, 6) is 0.848. The normalized spacial score (nSPS) is 16.7. The van der Waals surface area contributed by atoms with E-state index in [0.717, 1.165) is 45.2 Å². The number of likely N-dealkylation sites (N-methyl/N-ethyl adjacent to an activating group) is 1. The van der Waals surface area contributed by atoms with E-state index in [-0.39, 0.29) is 0 Å². The Morgan fingerprint density at radius 1 is 1.07 bits per heavy atom. The first kappa shape index (κ1) is 20.4. The molecule has 7 nitrogen and oxygen atoms in total. The van der Waals surface area contributed by atoms with Crippen LogP contribution in [0.2, 0.25) is 0 Å². The summed E-state index contributed by atoms with van der Waals surface area (Å²) in [6.45, 7) is 8.14. The minimum atomic E-state index is 0.742. The fourth-order valence-corrected chi connectivity index (χ4v) is 3.51. The van der Waals surface area contributed by atoms with Crippen molar-refractivity contribution in [3.05, 3.63) is 53.9 Å². The van der Waals surface area contributed by atoms with Crippen LogP contribution in [0.25, 0.3) is 0 Å². The Hall–Kier alpha value is -2.38. The predicted molar refractivity (Wildman–Crippen MR) is 115 cm³/mol. The number of hydrogen-bond acceptors (Lipinski definition) is 4. The van der Waals surface area contributed by atoms with Crippen molar-refractivity contribution < 1.29 is 0 Å². The molecule has 1 aliphatic rings. The van der Waals surface area contributed by atoms with Crippen molar-refractivity contribution in [2.24, 2.45) is 4.99 Å². The Balaban J connectivity index is 1.45. The molecule has 0 amide bonds. The Kier molecular flexibility index (Phi) is 7.87. The summed E-state index contributed by atoms with van der Waals surface area (Å²) in [6, 6.07) is 10.4. The van der Waals surface area contributed by atoms with Gasteiger partial charge >= 0.3 is 0 Å². The highest BCUT2D eigenvalue weighted by atomic mass is 15.3. The molecular formula is C21H33N7. The van der Waals surface area contributed by atoms with E-state index in [2.05, 4.69) is 61.8 Å². The SMILES string of the molecule is CN=C(NCCN1CCCN(C)CC1)NCc1ccccc1Cn1cccn1. The highest BCUT2D eigenvalue weighted by molar-refractivity contribution is 5.79. The molecule has 2 aromatic rings. The molecule has 2 heterocycles. The van der Waals surface area contributed by atoms with E-state index < -0.39 is 0 Å². The Morgan fingerprint density at radius 2 is 1.93 bits per heavy atom. The van der Waals surface area contributed by atoms with Crippen molar-refractivity contribution in [2.45, 2.75) is 19.5 Å². The lowest BCUT2D eigenvalue weighted by Crippen LogP contribution is -2.42. The van der Waals surface area contributed by atoms with Gasteiger partial charge in [-0.25, -0.2) is 0 Å². The lowest BCUT2D eigenvalue weighted by molar-refractivity contribution is 0.280. The molecule has 7 heteroatoms. The lowest BCUT2D eigenvalue weighted by Gasteiger charge is -2.21. The average molecular weight is 384 g/mol. The number of guanidine groups is 1. The van der Waals surface area contributed by atoms with Gasteiger partial charge in [0, 0.05) is 52.2 Å². The third kappa shape index (κ3) is 6.35. The number of rotatable bonds is 7. The smallest absolute Gasteiger partial charge is 0.191 e. The standard InChI is InChI=1S/C21H33N7/c1-22-21(23-10-14-27-12-6-11-26(2)15-16-27)24-17-19-7-3-4-8-20(19)18-28-13-5-9-25-28/h3-5,7-9,13H,6,10-12,14-18H2,1-2H3,(H2,22,23,24). The minimum Gasteiger partial charge on any atom is -0.355 e. The number of aromatic nitrogens is 2. The predicted octanol–water partition coefficient (Wildman–Crippen LogP) is 1.23. The molecule has 2 N–H and O–H groups in total. The molecule has 1 fully saturated rings. The highest BCUT2D eigenvalue weighted by Gasteiger charge is 2.11. The molecule has 0 saturated carbocycles. The van der Waals surface area contributed by atoms with Crippen LogP contribution < -0.4 is 10.6 Å². The van der Waals surface area contributed by atoms with E-state index in [4.69, 9.17) is 0 Å². The molecule has 1 aliphatic heterocycles. The summed E-state index contributed by atoms with van der Waals surface area (Å²) in [4.78, 5) is 9.31. The molecular weight excluding hydrogens is 350 g/mol. The second-order valence-corrected chi connectivity index (χ2v) is 7.32. The van der Waals surface area contributed by atoms with Crippen LogP contribution in [-0.2, 0) is 13.1 Å². The van der Waals surface area contributed by atoms with Crippen molar-refractivity contribution in [1.82, 2.24) is 30.2 Å². The molecule has 0 spiro atoms. The summed E-state index contributed by atoms with van der Waals surface area (Å²) < 4.78 is 1.95. The number of hydrogen-bond donors (Lipinski definition) is 2. The Morgan fingerprint density at radius 3 is 2.71 bits per heavy atom. The molecule has 0 unspecified atom stereocenters. The van der Waals surface area contributed by atoms with E-state index in [1.54, 1.807) is 0 Å². The first-order valence-electron chi connectivity index (χ1n) is 10.1. The molecule has 152 valence electrons. The average Bonchev–Trinajstić information content (AvgIpc) is 3.13. The molecule has 0 atom stereocenters. The summed E-state index contributed by atoms with van der Waals surface area (Å²) >= 11 is 0. The van der Waals surface area contributed by atoms with E-state index in [0.29, 0.717) is 0 Å². The fourth-order valence-electron chi connectivity index (χ4n) is 3.51. The van der Waals surface area contributed by atoms with Crippen LogP contribution in [0, 0.1) is 0 Å². The summed E-state index contributed by atoms with van der Waals surface area (Å²) in [5.41, 5.74) is 2.53. The van der Waals surface area contributed by atoms with Gasteiger partial charge in [-0.2, -0.15) is 5.10 Å².